The summed E-state index contributed by atoms with van der Waals surface area (Å²) in [5.41, 5.74) is 0.609. The van der Waals surface area contributed by atoms with Gasteiger partial charge in [0.15, 0.2) is 0 Å². The van der Waals surface area contributed by atoms with Crippen molar-refractivity contribution in [2.45, 2.75) is 40.2 Å². The minimum Gasteiger partial charge on any atom is -0.458 e. The summed E-state index contributed by atoms with van der Waals surface area (Å²) in [6.45, 7) is 8.24. The van der Waals surface area contributed by atoms with E-state index in [9.17, 15) is 9.59 Å². The molecule has 0 N–H and O–H groups in total. The van der Waals surface area contributed by atoms with E-state index in [1.54, 1.807) is 0 Å². The normalized spacial score (nSPS) is 14.0. The van der Waals surface area contributed by atoms with Crippen molar-refractivity contribution >= 4 is 36.1 Å². The van der Waals surface area contributed by atoms with Crippen LogP contribution < -0.4 is 15.9 Å². The summed E-state index contributed by atoms with van der Waals surface area (Å²) in [6.07, 6.45) is 1.15. The molecule has 0 saturated heterocycles. The molecule has 3 aromatic carbocycles. The summed E-state index contributed by atoms with van der Waals surface area (Å²) in [4.78, 5) is 24.6. The summed E-state index contributed by atoms with van der Waals surface area (Å²) in [7, 11) is -0.920. The van der Waals surface area contributed by atoms with Crippen molar-refractivity contribution in [2.75, 3.05) is 0 Å². The van der Waals surface area contributed by atoms with Crippen LogP contribution in [0.15, 0.2) is 84.9 Å². The van der Waals surface area contributed by atoms with Crippen LogP contribution in [0, 0.1) is 17.8 Å². The van der Waals surface area contributed by atoms with Crippen LogP contribution in [0.4, 0.5) is 0 Å². The molecule has 0 spiro atoms. The van der Waals surface area contributed by atoms with E-state index >= 15 is 0 Å². The summed E-state index contributed by atoms with van der Waals surface area (Å²) in [5.74, 6) is 0.0727. The first-order valence-corrected chi connectivity index (χ1v) is 12.9. The molecule has 172 valence electrons. The zero-order chi connectivity index (χ0) is 23.8. The fraction of sp³-hybridized carbons (Fsp3) is 0.310. The molecular weight excluding hydrogens is 427 g/mol. The van der Waals surface area contributed by atoms with E-state index in [-0.39, 0.29) is 29.8 Å². The molecule has 3 aromatic rings. The number of hydrogen-bond acceptors (Lipinski definition) is 3. The number of carbonyl (C=O) groups is 2. The van der Waals surface area contributed by atoms with Crippen molar-refractivity contribution in [1.82, 2.24) is 0 Å². The molecule has 0 fully saturated rings. The van der Waals surface area contributed by atoms with Crippen LogP contribution in [-0.2, 0) is 9.53 Å². The molecule has 0 aromatic heterocycles. The lowest BCUT2D eigenvalue weighted by atomic mass is 9.83. The Morgan fingerprint density at radius 1 is 0.818 bits per heavy atom. The molecule has 3 rings (SSSR count). The zero-order valence-corrected chi connectivity index (χ0v) is 20.7. The van der Waals surface area contributed by atoms with Gasteiger partial charge in [0.2, 0.25) is 0 Å². The number of rotatable bonds is 10. The van der Waals surface area contributed by atoms with Gasteiger partial charge in [-0.3, -0.25) is 0 Å². The Balaban J connectivity index is 2.00. The molecule has 4 heteroatoms. The van der Waals surface area contributed by atoms with Gasteiger partial charge in [-0.05, 0) is 47.7 Å². The van der Waals surface area contributed by atoms with Crippen LogP contribution in [0.5, 0.6) is 0 Å². The van der Waals surface area contributed by atoms with E-state index < -0.39 is 7.92 Å². The Kier molecular flexibility index (Phi) is 8.97. The van der Waals surface area contributed by atoms with Crippen molar-refractivity contribution < 1.29 is 14.3 Å². The van der Waals surface area contributed by atoms with Gasteiger partial charge in [0.05, 0.1) is 5.56 Å². The zero-order valence-electron chi connectivity index (χ0n) is 19.8. The van der Waals surface area contributed by atoms with E-state index in [2.05, 4.69) is 45.0 Å². The highest BCUT2D eigenvalue weighted by atomic mass is 31.1. The first kappa shape index (κ1) is 24.9. The largest absolute Gasteiger partial charge is 0.458 e. The number of aldehydes is 1. The average Bonchev–Trinajstić information content (AvgIpc) is 2.84. The topological polar surface area (TPSA) is 43.4 Å². The monoisotopic (exact) mass is 460 g/mol. The van der Waals surface area contributed by atoms with Gasteiger partial charge >= 0.3 is 5.97 Å². The van der Waals surface area contributed by atoms with Gasteiger partial charge in [0.25, 0.3) is 0 Å². The highest BCUT2D eigenvalue weighted by Gasteiger charge is 2.31. The molecule has 33 heavy (non-hydrogen) atoms. The van der Waals surface area contributed by atoms with Gasteiger partial charge in [0.1, 0.15) is 12.4 Å². The average molecular weight is 461 g/mol. The molecule has 0 bridgehead atoms. The predicted octanol–water partition coefficient (Wildman–Crippen LogP) is 5.49. The minimum absolute atomic E-state index is 0.0797. The van der Waals surface area contributed by atoms with Crippen molar-refractivity contribution in [3.8, 4) is 0 Å². The fourth-order valence-electron chi connectivity index (χ4n) is 4.15. The van der Waals surface area contributed by atoms with Crippen LogP contribution in [0.25, 0.3) is 0 Å². The third-order valence-electron chi connectivity index (χ3n) is 6.18. The Labute approximate surface area is 198 Å². The Morgan fingerprint density at radius 3 is 1.85 bits per heavy atom. The lowest BCUT2D eigenvalue weighted by Gasteiger charge is -2.31. The third kappa shape index (κ3) is 6.18. The van der Waals surface area contributed by atoms with Crippen molar-refractivity contribution in [2.24, 2.45) is 17.8 Å². The van der Waals surface area contributed by atoms with E-state index in [1.807, 2.05) is 67.6 Å². The van der Waals surface area contributed by atoms with Gasteiger partial charge in [-0.25, -0.2) is 4.79 Å². The van der Waals surface area contributed by atoms with Gasteiger partial charge in [-0.1, -0.05) is 107 Å². The summed E-state index contributed by atoms with van der Waals surface area (Å²) < 4.78 is 6.15. The molecule has 0 heterocycles. The molecule has 0 aliphatic rings. The van der Waals surface area contributed by atoms with Crippen molar-refractivity contribution in [3.63, 3.8) is 0 Å². The molecule has 0 saturated carbocycles. The number of carbonyl (C=O) groups excluding carboxylic acids is 2. The van der Waals surface area contributed by atoms with E-state index in [1.165, 1.54) is 10.6 Å². The molecule has 0 aliphatic heterocycles. The lowest BCUT2D eigenvalue weighted by molar-refractivity contribution is -0.109. The maximum absolute atomic E-state index is 13.6. The Morgan fingerprint density at radius 2 is 1.33 bits per heavy atom. The molecule has 0 amide bonds. The van der Waals surface area contributed by atoms with Crippen LogP contribution in [0.3, 0.4) is 0 Å². The van der Waals surface area contributed by atoms with Crippen molar-refractivity contribution in [3.05, 3.63) is 90.5 Å². The number of ether oxygens (including phenoxy) is 1. The highest BCUT2D eigenvalue weighted by Crippen LogP contribution is 2.35. The minimum atomic E-state index is -0.920. The van der Waals surface area contributed by atoms with Crippen LogP contribution >= 0.6 is 7.92 Å². The molecule has 0 unspecified atom stereocenters. The summed E-state index contributed by atoms with van der Waals surface area (Å²) in [5, 5.41) is 3.37. The SMILES string of the molecule is CC(C)[C@@H](OC(=O)c1ccccc1P(c1ccccc1)c1ccccc1)[C@H](C)[C@@H](C)CC=O. The second-order valence-electron chi connectivity index (χ2n) is 8.88. The first-order valence-electron chi connectivity index (χ1n) is 11.6. The van der Waals surface area contributed by atoms with Gasteiger partial charge in [-0.2, -0.15) is 0 Å². The summed E-state index contributed by atoms with van der Waals surface area (Å²) in [6, 6.07) is 28.5. The second-order valence-corrected chi connectivity index (χ2v) is 11.1. The van der Waals surface area contributed by atoms with Crippen LogP contribution in [-0.4, -0.2) is 18.4 Å². The quantitative estimate of drug-likeness (QED) is 0.228. The lowest BCUT2D eigenvalue weighted by Crippen LogP contribution is -2.35. The van der Waals surface area contributed by atoms with Gasteiger partial charge < -0.3 is 9.53 Å². The Hall–Kier alpha value is -2.77. The molecule has 0 radical (unpaired) electrons. The van der Waals surface area contributed by atoms with E-state index in [4.69, 9.17) is 4.74 Å². The maximum Gasteiger partial charge on any atom is 0.339 e. The van der Waals surface area contributed by atoms with Gasteiger partial charge in [-0.15, -0.1) is 0 Å². The van der Waals surface area contributed by atoms with E-state index in [0.717, 1.165) is 11.6 Å². The number of esters is 1. The van der Waals surface area contributed by atoms with Crippen LogP contribution in [0.2, 0.25) is 0 Å². The third-order valence-corrected chi connectivity index (χ3v) is 8.68. The number of benzene rings is 3. The van der Waals surface area contributed by atoms with Crippen molar-refractivity contribution in [1.29, 1.82) is 0 Å². The van der Waals surface area contributed by atoms with E-state index in [0.29, 0.717) is 12.0 Å². The highest BCUT2D eigenvalue weighted by molar-refractivity contribution is 7.80. The van der Waals surface area contributed by atoms with Crippen LogP contribution in [0.1, 0.15) is 44.5 Å². The molecule has 0 aliphatic carbocycles. The smallest absolute Gasteiger partial charge is 0.339 e. The summed E-state index contributed by atoms with van der Waals surface area (Å²) >= 11 is 0. The predicted molar refractivity (Wildman–Crippen MR) is 138 cm³/mol. The second kappa shape index (κ2) is 11.9. The number of hydrogen-bond donors (Lipinski definition) is 0. The Bertz CT molecular complexity index is 994. The molecular formula is C29H33O3P. The first-order chi connectivity index (χ1) is 15.9. The maximum atomic E-state index is 13.6. The molecule has 3 atom stereocenters. The fourth-order valence-corrected chi connectivity index (χ4v) is 6.59. The molecule has 3 nitrogen and oxygen atoms in total. The standard InChI is InChI=1S/C29H33O3P/c1-21(2)28(23(4)22(3)19-20-30)32-29(31)26-17-11-12-18-27(26)33(24-13-7-5-8-14-24)25-15-9-6-10-16-25/h5-18,20-23,28H,19H2,1-4H3/t22-,23+,28+/m0/s1. The van der Waals surface area contributed by atoms with Gasteiger partial charge in [0, 0.05) is 6.42 Å².